The Bertz CT molecular complexity index is 957. The zero-order chi connectivity index (χ0) is 19.8. The maximum atomic E-state index is 11.8. The number of esters is 1. The van der Waals surface area contributed by atoms with Crippen LogP contribution in [0.1, 0.15) is 38.2 Å². The van der Waals surface area contributed by atoms with Gasteiger partial charge in [0.05, 0.1) is 11.6 Å². The number of carbonyl (C=O) groups excluding carboxylic acids is 1. The number of nitriles is 1. The van der Waals surface area contributed by atoms with Crippen LogP contribution in [-0.4, -0.2) is 15.9 Å². The van der Waals surface area contributed by atoms with Crippen molar-refractivity contribution in [3.8, 4) is 34.3 Å². The smallest absolute Gasteiger partial charge is 0.311 e. The van der Waals surface area contributed by atoms with E-state index in [1.807, 2.05) is 24.3 Å². The molecule has 1 aromatic heterocycles. The molecule has 28 heavy (non-hydrogen) atoms. The van der Waals surface area contributed by atoms with Crippen molar-refractivity contribution in [3.63, 3.8) is 0 Å². The minimum absolute atomic E-state index is 0.198. The Labute approximate surface area is 164 Å². The van der Waals surface area contributed by atoms with Crippen molar-refractivity contribution < 1.29 is 9.53 Å². The van der Waals surface area contributed by atoms with E-state index >= 15 is 0 Å². The van der Waals surface area contributed by atoms with Gasteiger partial charge < -0.3 is 4.74 Å². The maximum absolute atomic E-state index is 11.8. The van der Waals surface area contributed by atoms with Crippen molar-refractivity contribution in [1.82, 2.24) is 9.97 Å². The van der Waals surface area contributed by atoms with Crippen LogP contribution in [0.4, 0.5) is 0 Å². The van der Waals surface area contributed by atoms with E-state index in [9.17, 15) is 4.79 Å². The van der Waals surface area contributed by atoms with Crippen molar-refractivity contribution in [3.05, 3.63) is 66.5 Å². The Kier molecular flexibility index (Phi) is 6.48. The van der Waals surface area contributed by atoms with Gasteiger partial charge in [-0.2, -0.15) is 5.26 Å². The molecule has 3 aromatic rings. The summed E-state index contributed by atoms with van der Waals surface area (Å²) in [6.07, 6.45) is 6.93. The van der Waals surface area contributed by atoms with Gasteiger partial charge in [0, 0.05) is 29.9 Å². The van der Waals surface area contributed by atoms with Gasteiger partial charge in [0.2, 0.25) is 0 Å². The quantitative estimate of drug-likeness (QED) is 0.325. The highest BCUT2D eigenvalue weighted by molar-refractivity contribution is 5.73. The predicted octanol–water partition coefficient (Wildman–Crippen LogP) is 5.17. The van der Waals surface area contributed by atoms with Gasteiger partial charge >= 0.3 is 5.97 Å². The molecular formula is C23H21N3O2. The van der Waals surface area contributed by atoms with E-state index in [-0.39, 0.29) is 5.97 Å². The van der Waals surface area contributed by atoms with Crippen molar-refractivity contribution >= 4 is 5.97 Å². The lowest BCUT2D eigenvalue weighted by atomic mass is 10.1. The van der Waals surface area contributed by atoms with Crippen LogP contribution >= 0.6 is 0 Å². The zero-order valence-electron chi connectivity index (χ0n) is 15.8. The minimum Gasteiger partial charge on any atom is -0.427 e. The molecule has 0 unspecified atom stereocenters. The standard InChI is InChI=1S/C23H21N3O2/c1-2-3-4-5-22(27)28-21-12-10-18(11-13-21)20-15-25-23(26-16-20)19-8-6-17(14-24)7-9-19/h6-13,15-16H,2-5H2,1H3. The summed E-state index contributed by atoms with van der Waals surface area (Å²) in [5.41, 5.74) is 3.28. The summed E-state index contributed by atoms with van der Waals surface area (Å²) >= 11 is 0. The van der Waals surface area contributed by atoms with Crippen molar-refractivity contribution in [2.75, 3.05) is 0 Å². The normalized spacial score (nSPS) is 10.3. The van der Waals surface area contributed by atoms with E-state index in [2.05, 4.69) is 23.0 Å². The third-order valence-electron chi connectivity index (χ3n) is 4.33. The second-order valence-corrected chi connectivity index (χ2v) is 6.44. The lowest BCUT2D eigenvalue weighted by molar-refractivity contribution is -0.134. The largest absolute Gasteiger partial charge is 0.427 e. The molecule has 0 atom stereocenters. The Morgan fingerprint density at radius 1 is 0.929 bits per heavy atom. The van der Waals surface area contributed by atoms with Gasteiger partial charge in [-0.3, -0.25) is 4.79 Å². The van der Waals surface area contributed by atoms with Crippen LogP contribution in [0, 0.1) is 11.3 Å². The molecule has 0 saturated carbocycles. The highest BCUT2D eigenvalue weighted by Crippen LogP contribution is 2.23. The lowest BCUT2D eigenvalue weighted by Crippen LogP contribution is -2.07. The average Bonchev–Trinajstić information content (AvgIpc) is 2.75. The highest BCUT2D eigenvalue weighted by Gasteiger charge is 2.07. The maximum Gasteiger partial charge on any atom is 0.311 e. The molecule has 0 radical (unpaired) electrons. The van der Waals surface area contributed by atoms with Crippen LogP contribution in [-0.2, 0) is 4.79 Å². The number of nitrogens with zero attached hydrogens (tertiary/aromatic N) is 3. The summed E-state index contributed by atoms with van der Waals surface area (Å²) in [6, 6.07) is 16.6. The Balaban J connectivity index is 1.65. The second kappa shape index (κ2) is 9.43. The number of aromatic nitrogens is 2. The van der Waals surface area contributed by atoms with Crippen LogP contribution in [0.5, 0.6) is 5.75 Å². The summed E-state index contributed by atoms with van der Waals surface area (Å²) < 4.78 is 5.35. The molecule has 0 aliphatic carbocycles. The van der Waals surface area contributed by atoms with Crippen LogP contribution in [0.3, 0.4) is 0 Å². The fourth-order valence-corrected chi connectivity index (χ4v) is 2.74. The Morgan fingerprint density at radius 3 is 2.18 bits per heavy atom. The first-order valence-electron chi connectivity index (χ1n) is 9.33. The summed E-state index contributed by atoms with van der Waals surface area (Å²) in [7, 11) is 0. The number of hydrogen-bond donors (Lipinski definition) is 0. The molecule has 0 fully saturated rings. The van der Waals surface area contributed by atoms with Crippen LogP contribution in [0.2, 0.25) is 0 Å². The molecule has 2 aromatic carbocycles. The van der Waals surface area contributed by atoms with E-state index < -0.39 is 0 Å². The molecule has 5 heteroatoms. The van der Waals surface area contributed by atoms with Crippen LogP contribution in [0.25, 0.3) is 22.5 Å². The number of unbranched alkanes of at least 4 members (excludes halogenated alkanes) is 2. The number of hydrogen-bond acceptors (Lipinski definition) is 5. The molecule has 0 amide bonds. The molecule has 0 spiro atoms. The second-order valence-electron chi connectivity index (χ2n) is 6.44. The van der Waals surface area contributed by atoms with Gasteiger partial charge in [-0.1, -0.05) is 31.9 Å². The molecule has 1 heterocycles. The fraction of sp³-hybridized carbons (Fsp3) is 0.217. The first kappa shape index (κ1) is 19.2. The molecule has 0 aliphatic rings. The SMILES string of the molecule is CCCCCC(=O)Oc1ccc(-c2cnc(-c3ccc(C#N)cc3)nc2)cc1. The number of carbonyl (C=O) groups is 1. The average molecular weight is 371 g/mol. The number of ether oxygens (including phenoxy) is 1. The van der Waals surface area contributed by atoms with Gasteiger partial charge in [0.1, 0.15) is 5.75 Å². The predicted molar refractivity (Wildman–Crippen MR) is 107 cm³/mol. The molecule has 3 rings (SSSR count). The first-order valence-corrected chi connectivity index (χ1v) is 9.33. The van der Waals surface area contributed by atoms with Gasteiger partial charge in [-0.05, 0) is 48.4 Å². The van der Waals surface area contributed by atoms with Gasteiger partial charge in [0.25, 0.3) is 0 Å². The Morgan fingerprint density at radius 2 is 1.57 bits per heavy atom. The third kappa shape index (κ3) is 5.01. The molecule has 0 bridgehead atoms. The Hall–Kier alpha value is -3.52. The lowest BCUT2D eigenvalue weighted by Gasteiger charge is -2.06. The van der Waals surface area contributed by atoms with E-state index in [1.165, 1.54) is 0 Å². The number of benzene rings is 2. The summed E-state index contributed by atoms with van der Waals surface area (Å²) in [5.74, 6) is 0.947. The summed E-state index contributed by atoms with van der Waals surface area (Å²) in [4.78, 5) is 20.6. The highest BCUT2D eigenvalue weighted by atomic mass is 16.5. The topological polar surface area (TPSA) is 75.9 Å². The molecule has 0 saturated heterocycles. The first-order chi connectivity index (χ1) is 13.7. The number of rotatable bonds is 7. The molecule has 5 nitrogen and oxygen atoms in total. The van der Waals surface area contributed by atoms with E-state index in [1.54, 1.807) is 36.7 Å². The van der Waals surface area contributed by atoms with Crippen molar-refractivity contribution in [2.24, 2.45) is 0 Å². The van der Waals surface area contributed by atoms with E-state index in [0.717, 1.165) is 36.0 Å². The molecule has 140 valence electrons. The fourth-order valence-electron chi connectivity index (χ4n) is 2.74. The van der Waals surface area contributed by atoms with Gasteiger partial charge in [-0.25, -0.2) is 9.97 Å². The third-order valence-corrected chi connectivity index (χ3v) is 4.33. The van der Waals surface area contributed by atoms with Crippen LogP contribution in [0.15, 0.2) is 60.9 Å². The molecule has 0 N–H and O–H groups in total. The van der Waals surface area contributed by atoms with Crippen molar-refractivity contribution in [1.29, 1.82) is 5.26 Å². The summed E-state index contributed by atoms with van der Waals surface area (Å²) in [6.45, 7) is 2.10. The van der Waals surface area contributed by atoms with Crippen LogP contribution < -0.4 is 4.74 Å². The van der Waals surface area contributed by atoms with E-state index in [0.29, 0.717) is 23.6 Å². The van der Waals surface area contributed by atoms with Gasteiger partial charge in [-0.15, -0.1) is 0 Å². The summed E-state index contributed by atoms with van der Waals surface area (Å²) in [5, 5.41) is 8.87. The monoisotopic (exact) mass is 371 g/mol. The van der Waals surface area contributed by atoms with E-state index in [4.69, 9.17) is 10.00 Å². The molecule has 0 aliphatic heterocycles. The van der Waals surface area contributed by atoms with Gasteiger partial charge in [0.15, 0.2) is 5.82 Å². The minimum atomic E-state index is -0.198. The molecular weight excluding hydrogens is 350 g/mol. The zero-order valence-corrected chi connectivity index (χ0v) is 15.8. The van der Waals surface area contributed by atoms with Crippen molar-refractivity contribution in [2.45, 2.75) is 32.6 Å².